The molecule has 6 rings (SSSR count). The van der Waals surface area contributed by atoms with Crippen LogP contribution in [0.5, 0.6) is 0 Å². The third-order valence-corrected chi connectivity index (χ3v) is 11.4. The van der Waals surface area contributed by atoms with E-state index in [9.17, 15) is 105 Å². The van der Waals surface area contributed by atoms with Crippen LogP contribution in [-0.4, -0.2) is 49.4 Å². The zero-order chi connectivity index (χ0) is 45.7. The Morgan fingerprint density at radius 3 is 0.717 bits per heavy atom. The highest BCUT2D eigenvalue weighted by molar-refractivity contribution is 5.80. The van der Waals surface area contributed by atoms with Gasteiger partial charge in [-0.25, -0.2) is 0 Å². The number of alkyl halides is 24. The molecule has 4 aliphatic rings. The molecule has 60 heavy (non-hydrogen) atoms. The molecule has 24 heteroatoms. The Balaban J connectivity index is 1.49. The molecule has 0 saturated carbocycles. The molecule has 0 spiro atoms. The molecule has 0 heterocycles. The summed E-state index contributed by atoms with van der Waals surface area (Å²) in [5, 5.41) is 0. The van der Waals surface area contributed by atoms with Gasteiger partial charge in [0.25, 0.3) is 0 Å². The average molecular weight is 906 g/mol. The van der Waals surface area contributed by atoms with Gasteiger partial charge in [-0.2, -0.15) is 105 Å². The lowest BCUT2D eigenvalue weighted by Gasteiger charge is -2.46. The number of rotatable bonds is 3. The Labute approximate surface area is 318 Å². The van der Waals surface area contributed by atoms with Gasteiger partial charge >= 0.3 is 49.4 Å². The van der Waals surface area contributed by atoms with Gasteiger partial charge in [0.1, 0.15) is 0 Å². The van der Waals surface area contributed by atoms with E-state index >= 15 is 0 Å². The first kappa shape index (κ1) is 45.3. The van der Waals surface area contributed by atoms with Gasteiger partial charge in [0.2, 0.25) is 21.7 Å². The molecule has 0 nitrogen and oxygen atoms in total. The van der Waals surface area contributed by atoms with Gasteiger partial charge in [0, 0.05) is 0 Å². The zero-order valence-corrected chi connectivity index (χ0v) is 28.7. The summed E-state index contributed by atoms with van der Waals surface area (Å²) in [6.45, 7) is 0. The number of benzene rings is 2. The normalized spacial score (nSPS) is 20.9. The van der Waals surface area contributed by atoms with Gasteiger partial charge in [-0.1, -0.05) is 48.6 Å². The number of hydrogen-bond acceptors (Lipinski definition) is 0. The Bertz CT molecular complexity index is 2000. The standard InChI is InChI=1S/C36H18F24/c37-29(38,39)25(30(40,41)42)7-9-27(33(49,50)51,34(52,53)54)23-13-19-15(3-5-17(19)11-21(23)25)1-2-16-4-6-18-12-22-24(14-20(16)18)28(35(55,56)57,36(58,59)60)10-8-26(22,31(43,44)45)32(46,47)48/h3-4,7-14H,1-2,5-6H2. The minimum absolute atomic E-state index is 0.143. The van der Waals surface area contributed by atoms with Crippen molar-refractivity contribution in [3.8, 4) is 0 Å². The van der Waals surface area contributed by atoms with Crippen molar-refractivity contribution in [2.24, 2.45) is 0 Å². The summed E-state index contributed by atoms with van der Waals surface area (Å²) < 4.78 is 345. The fourth-order valence-electron chi connectivity index (χ4n) is 8.44. The highest BCUT2D eigenvalue weighted by atomic mass is 19.4. The van der Waals surface area contributed by atoms with Gasteiger partial charge in [0.05, 0.1) is 0 Å². The maximum atomic E-state index is 14.4. The van der Waals surface area contributed by atoms with E-state index in [1.807, 2.05) is 0 Å². The molecule has 4 aliphatic carbocycles. The number of fused-ring (bicyclic) bond motifs is 4. The first-order chi connectivity index (χ1) is 26.8. The maximum absolute atomic E-state index is 14.4. The molecule has 2 aromatic carbocycles. The predicted octanol–water partition coefficient (Wildman–Crippen LogP) is 13.6. The lowest BCUT2D eigenvalue weighted by atomic mass is 9.62. The molecular formula is C36H18F24. The minimum Gasteiger partial charge on any atom is -0.169 e. The fraction of sp³-hybridized carbons (Fsp3) is 0.444. The van der Waals surface area contributed by atoms with E-state index in [-0.39, 0.29) is 24.3 Å². The van der Waals surface area contributed by atoms with Crippen LogP contribution in [0, 0.1) is 0 Å². The number of allylic oxidation sites excluding steroid dienone is 8. The van der Waals surface area contributed by atoms with E-state index in [1.54, 1.807) is 0 Å². The molecule has 0 bridgehead atoms. The largest absolute Gasteiger partial charge is 0.410 e. The molecular weight excluding hydrogens is 888 g/mol. The van der Waals surface area contributed by atoms with Gasteiger partial charge < -0.3 is 0 Å². The molecule has 0 fully saturated rings. The van der Waals surface area contributed by atoms with Crippen molar-refractivity contribution in [1.29, 1.82) is 0 Å². The van der Waals surface area contributed by atoms with Gasteiger partial charge in [-0.3, -0.25) is 0 Å². The molecule has 2 aromatic rings. The van der Waals surface area contributed by atoms with Crippen LogP contribution in [0.2, 0.25) is 0 Å². The molecule has 330 valence electrons. The fourth-order valence-corrected chi connectivity index (χ4v) is 8.44. The quantitative estimate of drug-likeness (QED) is 0.213. The summed E-state index contributed by atoms with van der Waals surface area (Å²) in [5.74, 6) is 0. The van der Waals surface area contributed by atoms with Crippen LogP contribution in [0.3, 0.4) is 0 Å². The van der Waals surface area contributed by atoms with E-state index in [1.165, 1.54) is 0 Å². The van der Waals surface area contributed by atoms with Crippen molar-refractivity contribution in [1.82, 2.24) is 0 Å². The molecule has 0 N–H and O–H groups in total. The molecule has 0 amide bonds. The van der Waals surface area contributed by atoms with Crippen molar-refractivity contribution < 1.29 is 105 Å². The summed E-state index contributed by atoms with van der Waals surface area (Å²) in [6, 6.07) is -0.657. The second-order valence-electron chi connectivity index (χ2n) is 14.4. The first-order valence-electron chi connectivity index (χ1n) is 16.5. The van der Waals surface area contributed by atoms with Gasteiger partial charge in [0.15, 0.2) is 0 Å². The molecule has 0 saturated heterocycles. The van der Waals surface area contributed by atoms with E-state index in [0.717, 1.165) is 12.2 Å². The maximum Gasteiger partial charge on any atom is 0.410 e. The summed E-state index contributed by atoms with van der Waals surface area (Å²) in [4.78, 5) is 0. The number of halogens is 24. The number of hydrogen-bond donors (Lipinski definition) is 0. The van der Waals surface area contributed by atoms with Crippen LogP contribution < -0.4 is 0 Å². The Morgan fingerprint density at radius 1 is 0.317 bits per heavy atom. The SMILES string of the molecule is FC(F)(F)C1(C(F)(F)F)C=CC(C(F)(F)F)(C(F)(F)F)c2cc3c(cc21)CC=C3CCC1=CCc2cc3c(cc21)C(C(F)(F)F)(C(F)(F)F)C=CC3(C(F)(F)F)C(F)(F)F. The van der Waals surface area contributed by atoms with Crippen LogP contribution >= 0.6 is 0 Å². The molecule has 0 unspecified atom stereocenters. The summed E-state index contributed by atoms with van der Waals surface area (Å²) in [6.07, 6.45) is -59.1. The third kappa shape index (κ3) is 5.78. The van der Waals surface area contributed by atoms with Crippen molar-refractivity contribution >= 4 is 11.1 Å². The monoisotopic (exact) mass is 906 g/mol. The van der Waals surface area contributed by atoms with Gasteiger partial charge in [-0.15, -0.1) is 0 Å². The second-order valence-corrected chi connectivity index (χ2v) is 14.4. The minimum atomic E-state index is -6.64. The molecule has 0 atom stereocenters. The molecule has 0 radical (unpaired) electrons. The van der Waals surface area contributed by atoms with E-state index in [2.05, 4.69) is 0 Å². The van der Waals surface area contributed by atoms with Crippen LogP contribution in [0.15, 0.2) is 60.7 Å². The third-order valence-electron chi connectivity index (χ3n) is 11.4. The van der Waals surface area contributed by atoms with Crippen molar-refractivity contribution in [2.75, 3.05) is 0 Å². The summed E-state index contributed by atoms with van der Waals surface area (Å²) >= 11 is 0. The van der Waals surface area contributed by atoms with Gasteiger partial charge in [-0.05, 0) is 93.5 Å². The average Bonchev–Trinajstić information content (AvgIpc) is 3.62. The lowest BCUT2D eigenvalue weighted by Crippen LogP contribution is -2.61. The van der Waals surface area contributed by atoms with E-state index in [0.29, 0.717) is 0 Å². The van der Waals surface area contributed by atoms with Crippen LogP contribution in [0.25, 0.3) is 11.1 Å². The topological polar surface area (TPSA) is 0 Å². The second kappa shape index (κ2) is 12.7. The van der Waals surface area contributed by atoms with Crippen molar-refractivity contribution in [3.05, 3.63) is 105 Å². The lowest BCUT2D eigenvalue weighted by molar-refractivity contribution is -0.302. The van der Waals surface area contributed by atoms with E-state index in [4.69, 9.17) is 0 Å². The Kier molecular flexibility index (Phi) is 9.54. The molecule has 0 aliphatic heterocycles. The highest BCUT2D eigenvalue weighted by Crippen LogP contribution is 2.66. The highest BCUT2D eigenvalue weighted by Gasteiger charge is 2.80. The van der Waals surface area contributed by atoms with Crippen LogP contribution in [-0.2, 0) is 34.5 Å². The van der Waals surface area contributed by atoms with Crippen molar-refractivity contribution in [3.63, 3.8) is 0 Å². The predicted molar refractivity (Wildman–Crippen MR) is 159 cm³/mol. The summed E-state index contributed by atoms with van der Waals surface area (Å²) in [5.41, 5.74) is -35.4. The van der Waals surface area contributed by atoms with Crippen LogP contribution in [0.1, 0.15) is 57.3 Å². The van der Waals surface area contributed by atoms with Crippen molar-refractivity contribution in [2.45, 2.75) is 96.8 Å². The molecule has 0 aromatic heterocycles. The summed E-state index contributed by atoms with van der Waals surface area (Å²) in [7, 11) is 0. The Hall–Kier alpha value is -4.28. The first-order valence-corrected chi connectivity index (χ1v) is 16.5. The van der Waals surface area contributed by atoms with E-state index < -0.39 is 177 Å². The van der Waals surface area contributed by atoms with Crippen LogP contribution in [0.4, 0.5) is 105 Å². The zero-order valence-electron chi connectivity index (χ0n) is 28.7. The Morgan fingerprint density at radius 2 is 0.517 bits per heavy atom. The smallest absolute Gasteiger partial charge is 0.169 e.